The van der Waals surface area contributed by atoms with Gasteiger partial charge in [-0.25, -0.2) is 9.97 Å². The van der Waals surface area contributed by atoms with Gasteiger partial charge in [-0.3, -0.25) is 9.78 Å². The minimum atomic E-state index is -0.0727. The molecule has 1 aliphatic heterocycles. The third-order valence-corrected chi connectivity index (χ3v) is 5.10. The Morgan fingerprint density at radius 1 is 1.23 bits per heavy atom. The number of hydrogen-bond donors (Lipinski definition) is 1. The number of aromatic nitrogens is 3. The monoisotopic (exact) mass is 392 g/mol. The Morgan fingerprint density at radius 2 is 1.96 bits per heavy atom. The molecular formula is C17H21ClN6OS. The van der Waals surface area contributed by atoms with E-state index in [1.807, 2.05) is 12.1 Å². The SMILES string of the molecule is CN1CCN(c2cc(Cl)nc(SCC(=O)NCc3ccncc3)n2)CC1. The van der Waals surface area contributed by atoms with Gasteiger partial charge in [-0.15, -0.1) is 0 Å². The molecule has 2 aromatic heterocycles. The summed E-state index contributed by atoms with van der Waals surface area (Å²) in [5.74, 6) is 0.988. The van der Waals surface area contributed by atoms with Crippen molar-refractivity contribution < 1.29 is 4.79 Å². The molecule has 2 aromatic rings. The molecule has 0 aliphatic carbocycles. The van der Waals surface area contributed by atoms with E-state index in [-0.39, 0.29) is 11.7 Å². The molecule has 0 radical (unpaired) electrons. The third kappa shape index (κ3) is 5.55. The van der Waals surface area contributed by atoms with E-state index < -0.39 is 0 Å². The zero-order valence-corrected chi connectivity index (χ0v) is 16.1. The van der Waals surface area contributed by atoms with Crippen LogP contribution in [-0.2, 0) is 11.3 Å². The summed E-state index contributed by atoms with van der Waals surface area (Å²) in [6.45, 7) is 4.26. The summed E-state index contributed by atoms with van der Waals surface area (Å²) in [7, 11) is 2.11. The molecule has 0 bridgehead atoms. The van der Waals surface area contributed by atoms with Crippen LogP contribution in [0.4, 0.5) is 5.82 Å². The average molecular weight is 393 g/mol. The second kappa shape index (κ2) is 9.16. The van der Waals surface area contributed by atoms with Gasteiger partial charge < -0.3 is 15.1 Å². The number of piperazine rings is 1. The van der Waals surface area contributed by atoms with E-state index in [2.05, 4.69) is 37.1 Å². The van der Waals surface area contributed by atoms with Crippen molar-refractivity contribution in [3.05, 3.63) is 41.3 Å². The summed E-state index contributed by atoms with van der Waals surface area (Å²) >= 11 is 7.43. The number of amides is 1. The molecule has 9 heteroatoms. The number of thioether (sulfide) groups is 1. The first-order valence-electron chi connectivity index (χ1n) is 8.36. The predicted molar refractivity (Wildman–Crippen MR) is 104 cm³/mol. The summed E-state index contributed by atoms with van der Waals surface area (Å²) in [6, 6.07) is 5.52. The molecule has 1 aliphatic rings. The number of rotatable bonds is 6. The van der Waals surface area contributed by atoms with E-state index in [9.17, 15) is 4.79 Å². The third-order valence-electron chi connectivity index (χ3n) is 4.06. The number of likely N-dealkylation sites (N-methyl/N-ethyl adjacent to an activating group) is 1. The van der Waals surface area contributed by atoms with Crippen molar-refractivity contribution in [1.82, 2.24) is 25.2 Å². The van der Waals surface area contributed by atoms with Gasteiger partial charge in [0.1, 0.15) is 11.0 Å². The number of carbonyl (C=O) groups excluding carboxylic acids is 1. The highest BCUT2D eigenvalue weighted by Crippen LogP contribution is 2.22. The molecule has 0 atom stereocenters. The minimum Gasteiger partial charge on any atom is -0.354 e. The summed E-state index contributed by atoms with van der Waals surface area (Å²) in [5.41, 5.74) is 1.01. The van der Waals surface area contributed by atoms with Crippen LogP contribution < -0.4 is 10.2 Å². The van der Waals surface area contributed by atoms with E-state index >= 15 is 0 Å². The maximum absolute atomic E-state index is 12.0. The van der Waals surface area contributed by atoms with Crippen LogP contribution in [0.2, 0.25) is 5.15 Å². The van der Waals surface area contributed by atoms with Gasteiger partial charge in [0.05, 0.1) is 5.75 Å². The number of halogens is 1. The fourth-order valence-corrected chi connectivity index (χ4v) is 3.44. The van der Waals surface area contributed by atoms with Gasteiger partial charge in [0.25, 0.3) is 0 Å². The van der Waals surface area contributed by atoms with E-state index in [0.717, 1.165) is 37.6 Å². The molecule has 26 heavy (non-hydrogen) atoms. The quantitative estimate of drug-likeness (QED) is 0.455. The summed E-state index contributed by atoms with van der Waals surface area (Å²) in [5, 5.41) is 3.79. The molecule has 138 valence electrons. The molecule has 1 fully saturated rings. The lowest BCUT2D eigenvalue weighted by Gasteiger charge is -2.33. The predicted octanol–water partition coefficient (Wildman–Crippen LogP) is 1.69. The molecule has 0 saturated carbocycles. The van der Waals surface area contributed by atoms with E-state index in [1.54, 1.807) is 18.5 Å². The van der Waals surface area contributed by atoms with Gasteiger partial charge in [0, 0.05) is 51.2 Å². The fourth-order valence-electron chi connectivity index (χ4n) is 2.53. The van der Waals surface area contributed by atoms with Crippen LogP contribution in [0, 0.1) is 0 Å². The first-order valence-corrected chi connectivity index (χ1v) is 9.73. The average Bonchev–Trinajstić information content (AvgIpc) is 2.66. The summed E-state index contributed by atoms with van der Waals surface area (Å²) in [4.78, 5) is 29.3. The fraction of sp³-hybridized carbons (Fsp3) is 0.412. The highest BCUT2D eigenvalue weighted by Gasteiger charge is 2.17. The Morgan fingerprint density at radius 3 is 2.69 bits per heavy atom. The van der Waals surface area contributed by atoms with Crippen LogP contribution in [0.1, 0.15) is 5.56 Å². The Kier molecular flexibility index (Phi) is 6.65. The highest BCUT2D eigenvalue weighted by molar-refractivity contribution is 7.99. The number of nitrogens with one attached hydrogen (secondary N) is 1. The zero-order valence-electron chi connectivity index (χ0n) is 14.6. The summed E-state index contributed by atoms with van der Waals surface area (Å²) in [6.07, 6.45) is 3.41. The van der Waals surface area contributed by atoms with Crippen molar-refractivity contribution in [2.24, 2.45) is 0 Å². The van der Waals surface area contributed by atoms with Crippen LogP contribution in [0.5, 0.6) is 0 Å². The van der Waals surface area contributed by atoms with Crippen LogP contribution in [-0.4, -0.2) is 64.7 Å². The molecule has 1 amide bonds. The molecule has 1 N–H and O–H groups in total. The number of carbonyl (C=O) groups is 1. The number of pyridine rings is 1. The lowest BCUT2D eigenvalue weighted by Crippen LogP contribution is -2.44. The topological polar surface area (TPSA) is 74.2 Å². The van der Waals surface area contributed by atoms with Crippen molar-refractivity contribution in [1.29, 1.82) is 0 Å². The standard InChI is InChI=1S/C17H21ClN6OS/c1-23-6-8-24(9-7-23)15-10-14(18)21-17(22-15)26-12-16(25)20-11-13-2-4-19-5-3-13/h2-5,10H,6-9,11-12H2,1H3,(H,20,25). The second-order valence-electron chi connectivity index (χ2n) is 6.04. The largest absolute Gasteiger partial charge is 0.354 e. The molecule has 3 rings (SSSR count). The van der Waals surface area contributed by atoms with Crippen molar-refractivity contribution in [2.75, 3.05) is 43.9 Å². The molecule has 0 aromatic carbocycles. The van der Waals surface area contributed by atoms with E-state index in [4.69, 9.17) is 11.6 Å². The summed E-state index contributed by atoms with van der Waals surface area (Å²) < 4.78 is 0. The smallest absolute Gasteiger partial charge is 0.230 e. The molecule has 1 saturated heterocycles. The molecular weight excluding hydrogens is 372 g/mol. The minimum absolute atomic E-state index is 0.0727. The van der Waals surface area contributed by atoms with Gasteiger partial charge in [-0.05, 0) is 24.7 Å². The van der Waals surface area contributed by atoms with E-state index in [1.165, 1.54) is 11.8 Å². The Labute approximate surface area is 162 Å². The van der Waals surface area contributed by atoms with Gasteiger partial charge in [-0.2, -0.15) is 0 Å². The molecule has 0 unspecified atom stereocenters. The maximum atomic E-state index is 12.0. The van der Waals surface area contributed by atoms with Gasteiger partial charge >= 0.3 is 0 Å². The first kappa shape index (κ1) is 18.9. The Bertz CT molecular complexity index is 739. The maximum Gasteiger partial charge on any atom is 0.230 e. The first-order chi connectivity index (χ1) is 12.6. The van der Waals surface area contributed by atoms with Crippen molar-refractivity contribution >= 4 is 35.1 Å². The van der Waals surface area contributed by atoms with Crippen molar-refractivity contribution in [3.63, 3.8) is 0 Å². The van der Waals surface area contributed by atoms with Crippen molar-refractivity contribution in [2.45, 2.75) is 11.7 Å². The van der Waals surface area contributed by atoms with Crippen LogP contribution in [0.25, 0.3) is 0 Å². The van der Waals surface area contributed by atoms with Gasteiger partial charge in [-0.1, -0.05) is 23.4 Å². The normalized spacial score (nSPS) is 15.1. The molecule has 7 nitrogen and oxygen atoms in total. The molecule has 0 spiro atoms. The van der Waals surface area contributed by atoms with Gasteiger partial charge in [0.15, 0.2) is 5.16 Å². The lowest BCUT2D eigenvalue weighted by molar-refractivity contribution is -0.118. The van der Waals surface area contributed by atoms with Gasteiger partial charge in [0.2, 0.25) is 5.91 Å². The van der Waals surface area contributed by atoms with Crippen molar-refractivity contribution in [3.8, 4) is 0 Å². The highest BCUT2D eigenvalue weighted by atomic mass is 35.5. The Balaban J connectivity index is 1.53. The van der Waals surface area contributed by atoms with E-state index in [0.29, 0.717) is 16.9 Å². The number of hydrogen-bond acceptors (Lipinski definition) is 7. The van der Waals surface area contributed by atoms with Crippen LogP contribution >= 0.6 is 23.4 Å². The number of nitrogens with zero attached hydrogens (tertiary/aromatic N) is 5. The lowest BCUT2D eigenvalue weighted by atomic mass is 10.3. The van der Waals surface area contributed by atoms with Crippen LogP contribution in [0.3, 0.4) is 0 Å². The zero-order chi connectivity index (χ0) is 18.4. The second-order valence-corrected chi connectivity index (χ2v) is 7.37. The molecule has 3 heterocycles. The Hall–Kier alpha value is -1.90. The van der Waals surface area contributed by atoms with Crippen LogP contribution in [0.15, 0.2) is 35.7 Å². The number of anilines is 1.